The molecule has 0 heterocycles. The third-order valence-electron chi connectivity index (χ3n) is 7.94. The fraction of sp³-hybridized carbons (Fsp3) is 1.00. The lowest BCUT2D eigenvalue weighted by Gasteiger charge is -2.38. The van der Waals surface area contributed by atoms with Crippen LogP contribution in [0.3, 0.4) is 0 Å². The molecule has 26 heavy (non-hydrogen) atoms. The first kappa shape index (κ1) is 20.6. The van der Waals surface area contributed by atoms with Crippen molar-refractivity contribution < 1.29 is 0 Å². The van der Waals surface area contributed by atoms with Crippen LogP contribution in [0, 0.1) is 35.5 Å². The van der Waals surface area contributed by atoms with E-state index in [9.17, 15) is 0 Å². The zero-order valence-electron chi connectivity index (χ0n) is 18.3. The topological polar surface area (TPSA) is 6.48 Å². The summed E-state index contributed by atoms with van der Waals surface area (Å²) in [7, 11) is 0. The van der Waals surface area contributed by atoms with Crippen molar-refractivity contribution in [2.45, 2.75) is 79.1 Å². The molecule has 0 aromatic rings. The summed E-state index contributed by atoms with van der Waals surface area (Å²) in [5.74, 6) is 6.39. The third-order valence-corrected chi connectivity index (χ3v) is 7.94. The van der Waals surface area contributed by atoms with E-state index in [1.165, 1.54) is 71.4 Å². The summed E-state index contributed by atoms with van der Waals surface area (Å²) < 4.78 is 0. The second kappa shape index (κ2) is 9.92. The van der Waals surface area contributed by atoms with Crippen molar-refractivity contribution >= 4 is 0 Å². The van der Waals surface area contributed by atoms with Crippen LogP contribution in [0.15, 0.2) is 0 Å². The van der Waals surface area contributed by atoms with Gasteiger partial charge in [-0.25, -0.2) is 0 Å². The van der Waals surface area contributed by atoms with E-state index in [1.54, 1.807) is 19.3 Å². The van der Waals surface area contributed by atoms with Crippen molar-refractivity contribution in [1.82, 2.24) is 9.80 Å². The van der Waals surface area contributed by atoms with Gasteiger partial charge in [-0.3, -0.25) is 0 Å². The molecule has 3 fully saturated rings. The molecule has 0 radical (unpaired) electrons. The highest BCUT2D eigenvalue weighted by molar-refractivity contribution is 5.06. The van der Waals surface area contributed by atoms with E-state index in [4.69, 9.17) is 0 Å². The quantitative estimate of drug-likeness (QED) is 0.450. The molecular weight excluding hydrogens is 316 g/mol. The van der Waals surface area contributed by atoms with Crippen molar-refractivity contribution in [3.05, 3.63) is 0 Å². The SMILES string of the molecule is CCCN(CCC)CC1CC2CC1C1C(CN(CCC)CCC)CCC21. The van der Waals surface area contributed by atoms with Crippen LogP contribution in [-0.4, -0.2) is 49.1 Å². The van der Waals surface area contributed by atoms with Crippen molar-refractivity contribution in [2.75, 3.05) is 39.3 Å². The maximum absolute atomic E-state index is 2.80. The molecular formula is C24H46N2. The molecule has 0 aromatic carbocycles. The van der Waals surface area contributed by atoms with Crippen LogP contribution in [0.25, 0.3) is 0 Å². The molecule has 3 aliphatic carbocycles. The summed E-state index contributed by atoms with van der Waals surface area (Å²) in [4.78, 5) is 5.60. The molecule has 0 aromatic heterocycles. The van der Waals surface area contributed by atoms with Gasteiger partial charge >= 0.3 is 0 Å². The number of fused-ring (bicyclic) bond motifs is 5. The second-order valence-electron chi connectivity index (χ2n) is 9.84. The normalized spacial score (nSPS) is 35.8. The molecule has 0 spiro atoms. The summed E-state index contributed by atoms with van der Waals surface area (Å²) in [6.07, 6.45) is 11.5. The van der Waals surface area contributed by atoms with Crippen LogP contribution in [0.4, 0.5) is 0 Å². The fourth-order valence-electron chi connectivity index (χ4n) is 7.32. The van der Waals surface area contributed by atoms with E-state index >= 15 is 0 Å². The molecule has 152 valence electrons. The maximum Gasteiger partial charge on any atom is 0.00125 e. The van der Waals surface area contributed by atoms with Gasteiger partial charge in [0.15, 0.2) is 0 Å². The first-order valence-electron chi connectivity index (χ1n) is 12.2. The molecule has 0 aliphatic heterocycles. The summed E-state index contributed by atoms with van der Waals surface area (Å²) in [5, 5.41) is 0. The first-order chi connectivity index (χ1) is 12.7. The minimum absolute atomic E-state index is 1.02. The fourth-order valence-corrected chi connectivity index (χ4v) is 7.32. The van der Waals surface area contributed by atoms with Crippen LogP contribution < -0.4 is 0 Å². The first-order valence-corrected chi connectivity index (χ1v) is 12.2. The summed E-state index contributed by atoms with van der Waals surface area (Å²) >= 11 is 0. The van der Waals surface area contributed by atoms with Crippen molar-refractivity contribution in [3.8, 4) is 0 Å². The van der Waals surface area contributed by atoms with Crippen LogP contribution in [0.1, 0.15) is 79.1 Å². The Morgan fingerprint density at radius 1 is 0.615 bits per heavy atom. The molecule has 6 unspecified atom stereocenters. The van der Waals surface area contributed by atoms with Crippen LogP contribution >= 0.6 is 0 Å². The van der Waals surface area contributed by atoms with Crippen molar-refractivity contribution in [1.29, 1.82) is 0 Å². The Morgan fingerprint density at radius 2 is 1.15 bits per heavy atom. The van der Waals surface area contributed by atoms with Crippen molar-refractivity contribution in [3.63, 3.8) is 0 Å². The Kier molecular flexibility index (Phi) is 7.88. The van der Waals surface area contributed by atoms with Gasteiger partial charge < -0.3 is 9.80 Å². The number of hydrogen-bond donors (Lipinski definition) is 0. The van der Waals surface area contributed by atoms with Gasteiger partial charge in [-0.1, -0.05) is 27.7 Å². The van der Waals surface area contributed by atoms with E-state index in [2.05, 4.69) is 37.5 Å². The van der Waals surface area contributed by atoms with Crippen LogP contribution in [0.5, 0.6) is 0 Å². The van der Waals surface area contributed by atoms with Gasteiger partial charge in [-0.05, 0) is 113 Å². The lowest BCUT2D eigenvalue weighted by molar-refractivity contribution is 0.0963. The molecule has 2 heteroatoms. The molecule has 2 nitrogen and oxygen atoms in total. The van der Waals surface area contributed by atoms with Gasteiger partial charge in [0.1, 0.15) is 0 Å². The highest BCUT2D eigenvalue weighted by Crippen LogP contribution is 2.62. The molecule has 3 saturated carbocycles. The largest absolute Gasteiger partial charge is 0.303 e. The van der Waals surface area contributed by atoms with Gasteiger partial charge in [0.2, 0.25) is 0 Å². The Morgan fingerprint density at radius 3 is 1.69 bits per heavy atom. The third kappa shape index (κ3) is 4.49. The highest BCUT2D eigenvalue weighted by Gasteiger charge is 2.56. The Hall–Kier alpha value is -0.0800. The second-order valence-corrected chi connectivity index (χ2v) is 9.84. The molecule has 0 N–H and O–H groups in total. The van der Waals surface area contributed by atoms with Crippen LogP contribution in [-0.2, 0) is 0 Å². The lowest BCUT2D eigenvalue weighted by Crippen LogP contribution is -2.40. The standard InChI is InChI=1S/C24H46N2/c1-5-11-25(12-6-2)17-19-9-10-22-20-15-21(23(16-20)24(19)22)18-26(13-7-3)14-8-4/h19-24H,5-18H2,1-4H3. The zero-order valence-corrected chi connectivity index (χ0v) is 18.3. The van der Waals surface area contributed by atoms with Gasteiger partial charge in [-0.15, -0.1) is 0 Å². The van der Waals surface area contributed by atoms with E-state index in [1.807, 2.05) is 0 Å². The average Bonchev–Trinajstić information content (AvgIpc) is 3.29. The predicted octanol–water partition coefficient (Wildman–Crippen LogP) is 5.53. The highest BCUT2D eigenvalue weighted by atomic mass is 15.1. The minimum atomic E-state index is 1.02. The number of nitrogens with zero attached hydrogens (tertiary/aromatic N) is 2. The Balaban J connectivity index is 1.60. The smallest absolute Gasteiger partial charge is 0.00125 e. The summed E-state index contributed by atoms with van der Waals surface area (Å²) in [6.45, 7) is 17.5. The number of rotatable bonds is 12. The summed E-state index contributed by atoms with van der Waals surface area (Å²) in [5.41, 5.74) is 0. The predicted molar refractivity (Wildman–Crippen MR) is 113 cm³/mol. The van der Waals surface area contributed by atoms with Gasteiger partial charge in [-0.2, -0.15) is 0 Å². The molecule has 6 atom stereocenters. The molecule has 3 aliphatic rings. The van der Waals surface area contributed by atoms with Crippen LogP contribution in [0.2, 0.25) is 0 Å². The van der Waals surface area contributed by atoms with Gasteiger partial charge in [0.25, 0.3) is 0 Å². The van der Waals surface area contributed by atoms with E-state index in [0.717, 1.165) is 35.5 Å². The molecule has 0 amide bonds. The number of hydrogen-bond acceptors (Lipinski definition) is 2. The van der Waals surface area contributed by atoms with Crippen molar-refractivity contribution in [2.24, 2.45) is 35.5 Å². The molecule has 2 bridgehead atoms. The van der Waals surface area contributed by atoms with E-state index in [-0.39, 0.29) is 0 Å². The van der Waals surface area contributed by atoms with E-state index in [0.29, 0.717) is 0 Å². The minimum Gasteiger partial charge on any atom is -0.303 e. The average molecular weight is 363 g/mol. The maximum atomic E-state index is 2.80. The monoisotopic (exact) mass is 362 g/mol. The van der Waals surface area contributed by atoms with Gasteiger partial charge in [0.05, 0.1) is 0 Å². The molecule has 0 saturated heterocycles. The summed E-state index contributed by atoms with van der Waals surface area (Å²) in [6, 6.07) is 0. The molecule has 3 rings (SSSR count). The Labute approximate surface area is 164 Å². The lowest BCUT2D eigenvalue weighted by atomic mass is 9.72. The van der Waals surface area contributed by atoms with Gasteiger partial charge in [0, 0.05) is 13.1 Å². The Bertz CT molecular complexity index is 397. The zero-order chi connectivity index (χ0) is 18.5. The van der Waals surface area contributed by atoms with E-state index < -0.39 is 0 Å².